The van der Waals surface area contributed by atoms with E-state index in [-0.39, 0.29) is 0 Å². The maximum atomic E-state index is 4.11. The molecule has 1 N–H and O–H groups in total. The standard InChI is InChI=1S/C7H9N3/c1-5-2-7(1,3-5)6-4-8-10-9-6/h4-5H,1-3H2,(H,8,9,10). The molecular formula is C7H9N3. The summed E-state index contributed by atoms with van der Waals surface area (Å²) >= 11 is 0. The zero-order valence-electron chi connectivity index (χ0n) is 5.67. The van der Waals surface area contributed by atoms with Gasteiger partial charge in [-0.15, -0.1) is 0 Å². The Hall–Kier alpha value is -0.860. The Morgan fingerprint density at radius 2 is 2.30 bits per heavy atom. The van der Waals surface area contributed by atoms with Crippen LogP contribution in [-0.4, -0.2) is 15.4 Å². The van der Waals surface area contributed by atoms with Gasteiger partial charge in [0.2, 0.25) is 0 Å². The Kier molecular flexibility index (Phi) is 0.615. The molecule has 3 aliphatic rings. The zero-order chi connectivity index (χ0) is 6.60. The van der Waals surface area contributed by atoms with Gasteiger partial charge in [0, 0.05) is 5.41 Å². The fourth-order valence-electron chi connectivity index (χ4n) is 2.25. The smallest absolute Gasteiger partial charge is 0.0886 e. The molecule has 2 bridgehead atoms. The lowest BCUT2D eigenvalue weighted by atomic mass is 9.43. The van der Waals surface area contributed by atoms with Crippen LogP contribution in [0.25, 0.3) is 0 Å². The highest BCUT2D eigenvalue weighted by atomic mass is 15.3. The Labute approximate surface area is 58.8 Å². The van der Waals surface area contributed by atoms with E-state index < -0.39 is 0 Å². The Balaban J connectivity index is 2.01. The molecule has 1 heterocycles. The van der Waals surface area contributed by atoms with E-state index in [1.807, 2.05) is 6.20 Å². The van der Waals surface area contributed by atoms with E-state index >= 15 is 0 Å². The first-order valence-electron chi connectivity index (χ1n) is 3.75. The highest BCUT2D eigenvalue weighted by molar-refractivity contribution is 5.26. The number of rotatable bonds is 1. The Morgan fingerprint density at radius 1 is 1.50 bits per heavy atom. The summed E-state index contributed by atoms with van der Waals surface area (Å²) in [5, 5.41) is 10.6. The number of nitrogens with zero attached hydrogens (tertiary/aromatic N) is 2. The molecule has 52 valence electrons. The average molecular weight is 135 g/mol. The van der Waals surface area contributed by atoms with Gasteiger partial charge in [-0.25, -0.2) is 0 Å². The zero-order valence-corrected chi connectivity index (χ0v) is 5.67. The highest BCUT2D eigenvalue weighted by Crippen LogP contribution is 2.64. The summed E-state index contributed by atoms with van der Waals surface area (Å²) in [4.78, 5) is 0. The van der Waals surface area contributed by atoms with Gasteiger partial charge in [0.25, 0.3) is 0 Å². The van der Waals surface area contributed by atoms with Gasteiger partial charge in [-0.05, 0) is 25.2 Å². The largest absolute Gasteiger partial charge is 0.198 e. The van der Waals surface area contributed by atoms with Gasteiger partial charge < -0.3 is 0 Å². The van der Waals surface area contributed by atoms with Crippen molar-refractivity contribution in [3.05, 3.63) is 11.9 Å². The topological polar surface area (TPSA) is 41.6 Å². The first-order chi connectivity index (χ1) is 4.89. The first kappa shape index (κ1) is 4.88. The van der Waals surface area contributed by atoms with E-state index in [9.17, 15) is 0 Å². The number of aromatic amines is 1. The normalized spacial score (nSPS) is 42.2. The van der Waals surface area contributed by atoms with Crippen LogP contribution in [0.4, 0.5) is 0 Å². The molecule has 0 unspecified atom stereocenters. The quantitative estimate of drug-likeness (QED) is 0.620. The van der Waals surface area contributed by atoms with Crippen LogP contribution in [0.2, 0.25) is 0 Å². The third kappa shape index (κ3) is 0.365. The number of hydrogen-bond donors (Lipinski definition) is 1. The number of H-pyrrole nitrogens is 1. The van der Waals surface area contributed by atoms with E-state index in [1.54, 1.807) is 0 Å². The predicted octanol–water partition coefficient (Wildman–Crippen LogP) is 0.856. The van der Waals surface area contributed by atoms with Gasteiger partial charge in [0.1, 0.15) is 0 Å². The first-order valence-corrected chi connectivity index (χ1v) is 3.75. The summed E-state index contributed by atoms with van der Waals surface area (Å²) < 4.78 is 0. The van der Waals surface area contributed by atoms with E-state index in [4.69, 9.17) is 0 Å². The van der Waals surface area contributed by atoms with Gasteiger partial charge in [-0.1, -0.05) is 0 Å². The van der Waals surface area contributed by atoms with Crippen molar-refractivity contribution >= 4 is 0 Å². The molecule has 4 rings (SSSR count). The molecule has 0 atom stereocenters. The molecule has 0 aromatic carbocycles. The van der Waals surface area contributed by atoms with Crippen LogP contribution >= 0.6 is 0 Å². The lowest BCUT2D eigenvalue weighted by Crippen LogP contribution is -2.55. The minimum absolute atomic E-state index is 0.484. The molecule has 1 aromatic heterocycles. The van der Waals surface area contributed by atoms with Crippen LogP contribution in [0.15, 0.2) is 6.20 Å². The van der Waals surface area contributed by atoms with Crippen LogP contribution in [0.1, 0.15) is 25.0 Å². The van der Waals surface area contributed by atoms with Crippen molar-refractivity contribution in [2.24, 2.45) is 5.92 Å². The molecule has 0 saturated heterocycles. The van der Waals surface area contributed by atoms with E-state index in [0.29, 0.717) is 5.41 Å². The van der Waals surface area contributed by atoms with E-state index in [2.05, 4.69) is 15.4 Å². The molecule has 3 aliphatic carbocycles. The molecule has 10 heavy (non-hydrogen) atoms. The van der Waals surface area contributed by atoms with Gasteiger partial charge >= 0.3 is 0 Å². The van der Waals surface area contributed by atoms with Crippen LogP contribution in [-0.2, 0) is 5.41 Å². The number of aromatic nitrogens is 3. The van der Waals surface area contributed by atoms with E-state index in [1.165, 1.54) is 25.0 Å². The summed E-state index contributed by atoms with van der Waals surface area (Å²) in [5.74, 6) is 1.02. The van der Waals surface area contributed by atoms with Gasteiger partial charge in [-0.3, -0.25) is 0 Å². The molecule has 3 nitrogen and oxygen atoms in total. The Morgan fingerprint density at radius 3 is 2.70 bits per heavy atom. The van der Waals surface area contributed by atoms with Crippen LogP contribution < -0.4 is 0 Å². The van der Waals surface area contributed by atoms with Crippen molar-refractivity contribution in [3.8, 4) is 0 Å². The number of hydrogen-bond acceptors (Lipinski definition) is 2. The second-order valence-electron chi connectivity index (χ2n) is 3.61. The van der Waals surface area contributed by atoms with Crippen molar-refractivity contribution in [2.75, 3.05) is 0 Å². The molecule has 3 saturated carbocycles. The molecule has 0 amide bonds. The summed E-state index contributed by atoms with van der Waals surface area (Å²) in [6.07, 6.45) is 5.95. The Bertz CT molecular complexity index is 235. The summed E-state index contributed by atoms with van der Waals surface area (Å²) in [6, 6.07) is 0. The van der Waals surface area contributed by atoms with Crippen molar-refractivity contribution < 1.29 is 0 Å². The highest BCUT2D eigenvalue weighted by Gasteiger charge is 2.58. The minimum atomic E-state index is 0.484. The molecular weight excluding hydrogens is 126 g/mol. The second-order valence-corrected chi connectivity index (χ2v) is 3.61. The van der Waals surface area contributed by atoms with Crippen molar-refractivity contribution in [1.29, 1.82) is 0 Å². The van der Waals surface area contributed by atoms with Gasteiger partial charge in [0.05, 0.1) is 11.9 Å². The maximum absolute atomic E-state index is 4.11. The summed E-state index contributed by atoms with van der Waals surface area (Å²) in [7, 11) is 0. The summed E-state index contributed by atoms with van der Waals surface area (Å²) in [5.41, 5.74) is 1.67. The predicted molar refractivity (Wildman–Crippen MR) is 35.4 cm³/mol. The fraction of sp³-hybridized carbons (Fsp3) is 0.714. The second kappa shape index (κ2) is 1.26. The lowest BCUT2D eigenvalue weighted by molar-refractivity contribution is -0.0309. The molecule has 0 spiro atoms. The molecule has 3 heteroatoms. The van der Waals surface area contributed by atoms with Gasteiger partial charge in [-0.2, -0.15) is 15.4 Å². The molecule has 0 aliphatic heterocycles. The van der Waals surface area contributed by atoms with Crippen LogP contribution in [0.5, 0.6) is 0 Å². The van der Waals surface area contributed by atoms with Crippen molar-refractivity contribution in [3.63, 3.8) is 0 Å². The third-order valence-electron chi connectivity index (χ3n) is 3.00. The number of nitrogens with one attached hydrogen (secondary N) is 1. The SMILES string of the molecule is c1n[nH]nc1C12CC(C1)C2. The third-order valence-corrected chi connectivity index (χ3v) is 3.00. The molecule has 3 fully saturated rings. The maximum Gasteiger partial charge on any atom is 0.0886 e. The average Bonchev–Trinajstić information content (AvgIpc) is 2.06. The van der Waals surface area contributed by atoms with Crippen molar-refractivity contribution in [2.45, 2.75) is 24.7 Å². The minimum Gasteiger partial charge on any atom is -0.198 e. The monoisotopic (exact) mass is 135 g/mol. The summed E-state index contributed by atoms with van der Waals surface area (Å²) in [6.45, 7) is 0. The van der Waals surface area contributed by atoms with E-state index in [0.717, 1.165) is 5.92 Å². The van der Waals surface area contributed by atoms with Crippen LogP contribution in [0, 0.1) is 5.92 Å². The molecule has 1 aromatic rings. The van der Waals surface area contributed by atoms with Gasteiger partial charge in [0.15, 0.2) is 0 Å². The fourth-order valence-corrected chi connectivity index (χ4v) is 2.25. The molecule has 0 radical (unpaired) electrons. The van der Waals surface area contributed by atoms with Crippen molar-refractivity contribution in [1.82, 2.24) is 15.4 Å². The van der Waals surface area contributed by atoms with Crippen LogP contribution in [0.3, 0.4) is 0 Å². The lowest BCUT2D eigenvalue weighted by Gasteiger charge is -2.60.